The highest BCUT2D eigenvalue weighted by Gasteiger charge is 2.20. The zero-order valence-corrected chi connectivity index (χ0v) is 20.0. The Morgan fingerprint density at radius 3 is 2.28 bits per heavy atom. The van der Waals surface area contributed by atoms with Crippen molar-refractivity contribution in [2.24, 2.45) is 10.7 Å². The Morgan fingerprint density at radius 2 is 1.59 bits per heavy atom. The van der Waals surface area contributed by atoms with E-state index in [0.717, 1.165) is 52.8 Å². The van der Waals surface area contributed by atoms with Gasteiger partial charge in [-0.05, 0) is 94.3 Å². The van der Waals surface area contributed by atoms with Crippen LogP contribution in [0.25, 0.3) is 11.3 Å². The number of unbranched alkanes of at least 4 members (excludes halogenated alkanes) is 1. The van der Waals surface area contributed by atoms with E-state index in [2.05, 4.69) is 65.0 Å². The molecule has 0 amide bonds. The van der Waals surface area contributed by atoms with Crippen molar-refractivity contribution < 1.29 is 0 Å². The van der Waals surface area contributed by atoms with Crippen molar-refractivity contribution in [1.29, 1.82) is 0 Å². The molecule has 2 heterocycles. The summed E-state index contributed by atoms with van der Waals surface area (Å²) in [6, 6.07) is 10.9. The normalized spacial score (nSPS) is 13.2. The lowest BCUT2D eigenvalue weighted by molar-refractivity contribution is 0.518. The third kappa shape index (κ3) is 4.09. The predicted octanol–water partition coefficient (Wildman–Crippen LogP) is 4.39. The van der Waals surface area contributed by atoms with Crippen LogP contribution in [-0.2, 0) is 19.5 Å². The van der Waals surface area contributed by atoms with Crippen molar-refractivity contribution in [1.82, 2.24) is 9.13 Å². The van der Waals surface area contributed by atoms with Gasteiger partial charge in [0.05, 0.1) is 11.4 Å². The minimum Gasteiger partial charge on any atom is -0.330 e. The molecule has 5 heteroatoms. The molecule has 0 fully saturated rings. The second-order valence-corrected chi connectivity index (χ2v) is 9.17. The van der Waals surface area contributed by atoms with Crippen LogP contribution in [0.4, 0.5) is 5.69 Å². The van der Waals surface area contributed by atoms with Gasteiger partial charge in [-0.2, -0.15) is 0 Å². The Kier molecular flexibility index (Phi) is 6.20. The highest BCUT2D eigenvalue weighted by Crippen LogP contribution is 2.30. The van der Waals surface area contributed by atoms with Gasteiger partial charge in [-0.3, -0.25) is 9.13 Å². The maximum atomic E-state index is 13.6. The SMILES string of the molecule is Cc1cc(C)c(N=c2cc3n(c(=O)n2CCCCN)CCc2cc(C)c(C)cc2-3)c(C)c1. The topological polar surface area (TPSA) is 65.3 Å². The summed E-state index contributed by atoms with van der Waals surface area (Å²) in [6.45, 7) is 12.5. The fraction of sp³-hybridized carbons (Fsp3) is 0.407. The maximum absolute atomic E-state index is 13.6. The van der Waals surface area contributed by atoms with Gasteiger partial charge in [0, 0.05) is 24.7 Å². The molecule has 0 spiro atoms. The molecule has 0 unspecified atom stereocenters. The van der Waals surface area contributed by atoms with Crippen molar-refractivity contribution >= 4 is 5.69 Å². The van der Waals surface area contributed by atoms with Crippen LogP contribution in [0.5, 0.6) is 0 Å². The second kappa shape index (κ2) is 8.91. The van der Waals surface area contributed by atoms with Gasteiger partial charge in [-0.1, -0.05) is 23.8 Å². The van der Waals surface area contributed by atoms with Gasteiger partial charge >= 0.3 is 5.69 Å². The zero-order chi connectivity index (χ0) is 23.0. The monoisotopic (exact) mass is 430 g/mol. The van der Waals surface area contributed by atoms with Crippen molar-refractivity contribution in [3.05, 3.63) is 79.7 Å². The predicted molar refractivity (Wildman–Crippen MR) is 131 cm³/mol. The number of benzene rings is 2. The van der Waals surface area contributed by atoms with Gasteiger partial charge in [0.2, 0.25) is 0 Å². The smallest absolute Gasteiger partial charge is 0.330 e. The van der Waals surface area contributed by atoms with Crippen LogP contribution in [0.1, 0.15) is 46.2 Å². The van der Waals surface area contributed by atoms with Crippen molar-refractivity contribution in [3.63, 3.8) is 0 Å². The van der Waals surface area contributed by atoms with Crippen LogP contribution in [0, 0.1) is 34.6 Å². The molecular formula is C27H34N4O. The maximum Gasteiger partial charge on any atom is 0.330 e. The molecular weight excluding hydrogens is 396 g/mol. The molecule has 0 aliphatic carbocycles. The Hall–Kier alpha value is -2.92. The van der Waals surface area contributed by atoms with Gasteiger partial charge in [0.25, 0.3) is 0 Å². The lowest BCUT2D eigenvalue weighted by atomic mass is 9.93. The Bertz CT molecular complexity index is 1290. The first-order valence-electron chi connectivity index (χ1n) is 11.6. The van der Waals surface area contributed by atoms with Crippen molar-refractivity contribution in [2.75, 3.05) is 6.54 Å². The second-order valence-electron chi connectivity index (χ2n) is 9.17. The molecule has 1 aliphatic heterocycles. The number of fused-ring (bicyclic) bond motifs is 3. The zero-order valence-electron chi connectivity index (χ0n) is 20.0. The third-order valence-corrected chi connectivity index (χ3v) is 6.59. The van der Waals surface area contributed by atoms with Gasteiger partial charge < -0.3 is 5.73 Å². The van der Waals surface area contributed by atoms with Crippen LogP contribution in [0.3, 0.4) is 0 Å². The summed E-state index contributed by atoms with van der Waals surface area (Å²) in [5.41, 5.74) is 16.8. The van der Waals surface area contributed by atoms with Crippen LogP contribution < -0.4 is 16.9 Å². The summed E-state index contributed by atoms with van der Waals surface area (Å²) < 4.78 is 3.76. The summed E-state index contributed by atoms with van der Waals surface area (Å²) in [5.74, 6) is 0. The molecule has 1 aliphatic rings. The molecule has 5 nitrogen and oxygen atoms in total. The molecule has 0 bridgehead atoms. The number of hydrogen-bond acceptors (Lipinski definition) is 3. The number of hydrogen-bond donors (Lipinski definition) is 1. The fourth-order valence-electron chi connectivity index (χ4n) is 4.80. The van der Waals surface area contributed by atoms with E-state index >= 15 is 0 Å². The molecule has 2 aromatic carbocycles. The average molecular weight is 431 g/mol. The molecule has 168 valence electrons. The summed E-state index contributed by atoms with van der Waals surface area (Å²) >= 11 is 0. The van der Waals surface area contributed by atoms with Crippen molar-refractivity contribution in [2.45, 2.75) is 67.0 Å². The summed E-state index contributed by atoms with van der Waals surface area (Å²) in [5, 5.41) is 0. The molecule has 0 radical (unpaired) electrons. The van der Waals surface area contributed by atoms with E-state index in [1.54, 1.807) is 0 Å². The van der Waals surface area contributed by atoms with E-state index in [-0.39, 0.29) is 5.69 Å². The summed E-state index contributed by atoms with van der Waals surface area (Å²) in [6.07, 6.45) is 2.62. The van der Waals surface area contributed by atoms with E-state index in [9.17, 15) is 4.79 Å². The van der Waals surface area contributed by atoms with Gasteiger partial charge in [0.1, 0.15) is 5.49 Å². The van der Waals surface area contributed by atoms with Gasteiger partial charge in [-0.15, -0.1) is 0 Å². The number of aromatic nitrogens is 2. The number of nitrogens with zero attached hydrogens (tertiary/aromatic N) is 3. The molecule has 0 atom stereocenters. The highest BCUT2D eigenvalue weighted by molar-refractivity contribution is 5.67. The van der Waals surface area contributed by atoms with Crippen LogP contribution >= 0.6 is 0 Å². The Balaban J connectivity index is 1.99. The van der Waals surface area contributed by atoms with E-state index in [1.165, 1.54) is 22.3 Å². The van der Waals surface area contributed by atoms with E-state index in [1.807, 2.05) is 9.13 Å². The lowest BCUT2D eigenvalue weighted by Crippen LogP contribution is -2.42. The molecule has 0 saturated carbocycles. The quantitative estimate of drug-likeness (QED) is 0.610. The van der Waals surface area contributed by atoms with Crippen LogP contribution in [0.15, 0.2) is 40.1 Å². The summed E-state index contributed by atoms with van der Waals surface area (Å²) in [7, 11) is 0. The average Bonchev–Trinajstić information content (AvgIpc) is 2.73. The first-order chi connectivity index (χ1) is 15.3. The molecule has 32 heavy (non-hydrogen) atoms. The van der Waals surface area contributed by atoms with Crippen LogP contribution in [-0.4, -0.2) is 15.7 Å². The Labute approximate surface area is 190 Å². The van der Waals surface area contributed by atoms with E-state index in [0.29, 0.717) is 19.6 Å². The first kappa shape index (κ1) is 22.3. The molecule has 4 rings (SSSR count). The minimum atomic E-state index is 0.0181. The standard InChI is InChI=1S/C27H34N4O/c1-17-12-20(4)26(21(5)13-17)29-25-16-24-23-15-19(3)18(2)14-22(23)8-11-30(24)27(32)31(25)10-7-6-9-28/h12-16H,6-11,28H2,1-5H3. The largest absolute Gasteiger partial charge is 0.330 e. The molecule has 2 N–H and O–H groups in total. The van der Waals surface area contributed by atoms with Gasteiger partial charge in [0.15, 0.2) is 0 Å². The lowest BCUT2D eigenvalue weighted by Gasteiger charge is -2.24. The number of aryl methyl sites for hydroxylation is 6. The third-order valence-electron chi connectivity index (χ3n) is 6.59. The van der Waals surface area contributed by atoms with Crippen molar-refractivity contribution in [3.8, 4) is 11.3 Å². The van der Waals surface area contributed by atoms with Crippen LogP contribution in [0.2, 0.25) is 0 Å². The first-order valence-corrected chi connectivity index (χ1v) is 11.6. The van der Waals surface area contributed by atoms with E-state index < -0.39 is 0 Å². The number of nitrogens with two attached hydrogens (primary N) is 1. The molecule has 1 aromatic heterocycles. The molecule has 0 saturated heterocycles. The van der Waals surface area contributed by atoms with E-state index in [4.69, 9.17) is 10.7 Å². The minimum absolute atomic E-state index is 0.0181. The van der Waals surface area contributed by atoms with Gasteiger partial charge in [-0.25, -0.2) is 9.79 Å². The summed E-state index contributed by atoms with van der Waals surface area (Å²) in [4.78, 5) is 18.7. The fourth-order valence-corrected chi connectivity index (χ4v) is 4.80. The highest BCUT2D eigenvalue weighted by atomic mass is 16.1. The number of rotatable bonds is 5. The Morgan fingerprint density at radius 1 is 0.906 bits per heavy atom. The molecule has 3 aromatic rings.